The summed E-state index contributed by atoms with van der Waals surface area (Å²) in [5.74, 6) is -0.397. The Bertz CT molecular complexity index is 596. The molecule has 2 aromatic rings. The number of nitro groups is 1. The fourth-order valence-electron chi connectivity index (χ4n) is 1.42. The molecule has 0 atom stereocenters. The highest BCUT2D eigenvalue weighted by molar-refractivity contribution is 7.13. The molecule has 1 amide bonds. The van der Waals surface area contributed by atoms with Crippen LogP contribution in [0.4, 0.5) is 10.8 Å². The predicted octanol–water partition coefficient (Wildman–Crippen LogP) is 2.61. The van der Waals surface area contributed by atoms with E-state index in [0.717, 1.165) is 0 Å². The van der Waals surface area contributed by atoms with Crippen molar-refractivity contribution >= 4 is 28.1 Å². The molecule has 6 nitrogen and oxygen atoms in total. The number of nitrogens with zero attached hydrogens (tertiary/aromatic N) is 2. The number of rotatable bonds is 3. The van der Waals surface area contributed by atoms with Gasteiger partial charge in [-0.3, -0.25) is 20.2 Å². The molecule has 7 heteroatoms. The maximum atomic E-state index is 11.9. The molecule has 92 valence electrons. The van der Waals surface area contributed by atoms with E-state index < -0.39 is 10.8 Å². The van der Waals surface area contributed by atoms with Gasteiger partial charge in [0.05, 0.1) is 4.92 Å². The van der Waals surface area contributed by atoms with Crippen LogP contribution in [0.5, 0.6) is 0 Å². The Morgan fingerprint density at radius 3 is 2.89 bits per heavy atom. The molecule has 1 N–H and O–H groups in total. The van der Waals surface area contributed by atoms with Gasteiger partial charge in [0.15, 0.2) is 5.13 Å². The van der Waals surface area contributed by atoms with E-state index in [4.69, 9.17) is 0 Å². The van der Waals surface area contributed by atoms with Gasteiger partial charge in [-0.1, -0.05) is 6.07 Å². The summed E-state index contributed by atoms with van der Waals surface area (Å²) in [6, 6.07) is 4.18. The Hall–Kier alpha value is -2.28. The number of aromatic nitrogens is 1. The van der Waals surface area contributed by atoms with Gasteiger partial charge >= 0.3 is 0 Å². The number of anilines is 1. The standard InChI is InChI=1S/C11H9N3O3S/c1-7-2-3-8(14(16)17)6-9(7)10(15)13-11-12-4-5-18-11/h2-6H,1H3,(H,12,13,15). The number of hydrogen-bond donors (Lipinski definition) is 1. The SMILES string of the molecule is Cc1ccc([N+](=O)[O-])cc1C(=O)Nc1nccs1. The van der Waals surface area contributed by atoms with Gasteiger partial charge in [0, 0.05) is 29.3 Å². The van der Waals surface area contributed by atoms with Crippen molar-refractivity contribution in [3.63, 3.8) is 0 Å². The van der Waals surface area contributed by atoms with Crippen LogP contribution in [0, 0.1) is 17.0 Å². The topological polar surface area (TPSA) is 85.1 Å². The zero-order chi connectivity index (χ0) is 13.1. The van der Waals surface area contributed by atoms with Crippen LogP contribution in [0.15, 0.2) is 29.8 Å². The fourth-order valence-corrected chi connectivity index (χ4v) is 1.94. The van der Waals surface area contributed by atoms with E-state index in [1.54, 1.807) is 24.6 Å². The second kappa shape index (κ2) is 4.92. The van der Waals surface area contributed by atoms with Crippen LogP contribution in [0.2, 0.25) is 0 Å². The van der Waals surface area contributed by atoms with Gasteiger partial charge in [-0.15, -0.1) is 11.3 Å². The van der Waals surface area contributed by atoms with Crippen molar-refractivity contribution in [2.24, 2.45) is 0 Å². The maximum absolute atomic E-state index is 11.9. The first kappa shape index (κ1) is 12.2. The first-order chi connectivity index (χ1) is 8.58. The molecule has 1 aromatic carbocycles. The number of thiazole rings is 1. The number of amides is 1. The van der Waals surface area contributed by atoms with Crippen molar-refractivity contribution < 1.29 is 9.72 Å². The molecule has 0 saturated carbocycles. The lowest BCUT2D eigenvalue weighted by Crippen LogP contribution is -2.13. The normalized spacial score (nSPS) is 10.1. The van der Waals surface area contributed by atoms with Crippen molar-refractivity contribution in [3.8, 4) is 0 Å². The van der Waals surface area contributed by atoms with Gasteiger partial charge in [0.25, 0.3) is 11.6 Å². The number of nitrogens with one attached hydrogen (secondary N) is 1. The van der Waals surface area contributed by atoms with Crippen LogP contribution in [-0.4, -0.2) is 15.8 Å². The third-order valence-corrected chi connectivity index (χ3v) is 3.02. The molecular formula is C11H9N3O3S. The van der Waals surface area contributed by atoms with E-state index in [1.165, 1.54) is 23.5 Å². The largest absolute Gasteiger partial charge is 0.298 e. The highest BCUT2D eigenvalue weighted by Gasteiger charge is 2.15. The molecular weight excluding hydrogens is 254 g/mol. The number of nitro benzene ring substituents is 1. The van der Waals surface area contributed by atoms with Gasteiger partial charge in [0.1, 0.15) is 0 Å². The number of carbonyl (C=O) groups excluding carboxylic acids is 1. The zero-order valence-corrected chi connectivity index (χ0v) is 10.2. The Kier molecular flexibility index (Phi) is 3.33. The molecule has 0 saturated heterocycles. The molecule has 0 radical (unpaired) electrons. The Morgan fingerprint density at radius 1 is 1.50 bits per heavy atom. The molecule has 0 unspecified atom stereocenters. The van der Waals surface area contributed by atoms with Crippen LogP contribution in [-0.2, 0) is 0 Å². The fraction of sp³-hybridized carbons (Fsp3) is 0.0909. The summed E-state index contributed by atoms with van der Waals surface area (Å²) in [4.78, 5) is 26.0. The lowest BCUT2D eigenvalue weighted by atomic mass is 10.1. The number of hydrogen-bond acceptors (Lipinski definition) is 5. The summed E-state index contributed by atoms with van der Waals surface area (Å²) >= 11 is 1.29. The average molecular weight is 263 g/mol. The van der Waals surface area contributed by atoms with Crippen LogP contribution in [0.3, 0.4) is 0 Å². The quantitative estimate of drug-likeness (QED) is 0.681. The monoisotopic (exact) mass is 263 g/mol. The summed E-state index contributed by atoms with van der Waals surface area (Å²) in [6.45, 7) is 1.72. The minimum Gasteiger partial charge on any atom is -0.298 e. The van der Waals surface area contributed by atoms with Gasteiger partial charge in [0.2, 0.25) is 0 Å². The van der Waals surface area contributed by atoms with Crippen molar-refractivity contribution in [1.82, 2.24) is 4.98 Å². The number of carbonyl (C=O) groups is 1. The molecule has 0 aliphatic heterocycles. The predicted molar refractivity (Wildman–Crippen MR) is 67.9 cm³/mol. The third-order valence-electron chi connectivity index (χ3n) is 2.33. The van der Waals surface area contributed by atoms with E-state index >= 15 is 0 Å². The van der Waals surface area contributed by atoms with Gasteiger partial charge in [-0.05, 0) is 12.5 Å². The summed E-state index contributed by atoms with van der Waals surface area (Å²) < 4.78 is 0. The minimum atomic E-state index is -0.528. The highest BCUT2D eigenvalue weighted by Crippen LogP contribution is 2.19. The van der Waals surface area contributed by atoms with E-state index in [-0.39, 0.29) is 11.3 Å². The Morgan fingerprint density at radius 2 is 2.28 bits per heavy atom. The van der Waals surface area contributed by atoms with E-state index in [0.29, 0.717) is 10.7 Å². The van der Waals surface area contributed by atoms with Gasteiger partial charge < -0.3 is 0 Å². The smallest absolute Gasteiger partial charge is 0.270 e. The second-order valence-electron chi connectivity index (χ2n) is 3.55. The molecule has 2 rings (SSSR count). The number of non-ortho nitro benzene ring substituents is 1. The molecule has 18 heavy (non-hydrogen) atoms. The summed E-state index contributed by atoms with van der Waals surface area (Å²) in [5.41, 5.74) is 0.846. The molecule has 0 bridgehead atoms. The number of benzene rings is 1. The van der Waals surface area contributed by atoms with E-state index in [1.807, 2.05) is 0 Å². The van der Waals surface area contributed by atoms with Crippen molar-refractivity contribution in [2.45, 2.75) is 6.92 Å². The lowest BCUT2D eigenvalue weighted by Gasteiger charge is -2.05. The van der Waals surface area contributed by atoms with E-state index in [2.05, 4.69) is 10.3 Å². The summed E-state index contributed by atoms with van der Waals surface area (Å²) in [5, 5.41) is 15.5. The third kappa shape index (κ3) is 2.51. The zero-order valence-electron chi connectivity index (χ0n) is 9.41. The van der Waals surface area contributed by atoms with Crippen LogP contribution >= 0.6 is 11.3 Å². The first-order valence-corrected chi connectivity index (χ1v) is 5.92. The second-order valence-corrected chi connectivity index (χ2v) is 4.44. The molecule has 0 aliphatic rings. The number of aryl methyl sites for hydroxylation is 1. The van der Waals surface area contributed by atoms with Crippen molar-refractivity contribution in [1.29, 1.82) is 0 Å². The maximum Gasteiger partial charge on any atom is 0.270 e. The molecule has 1 aromatic heterocycles. The van der Waals surface area contributed by atoms with Crippen molar-refractivity contribution in [3.05, 3.63) is 51.0 Å². The molecule has 0 spiro atoms. The average Bonchev–Trinajstić information content (AvgIpc) is 2.81. The molecule has 0 fully saturated rings. The summed E-state index contributed by atoms with van der Waals surface area (Å²) in [7, 11) is 0. The Balaban J connectivity index is 2.29. The van der Waals surface area contributed by atoms with Gasteiger partial charge in [-0.25, -0.2) is 4.98 Å². The Labute approximate surface area is 106 Å². The van der Waals surface area contributed by atoms with Crippen LogP contribution in [0.1, 0.15) is 15.9 Å². The molecule has 0 aliphatic carbocycles. The van der Waals surface area contributed by atoms with Crippen LogP contribution < -0.4 is 5.32 Å². The lowest BCUT2D eigenvalue weighted by molar-refractivity contribution is -0.384. The van der Waals surface area contributed by atoms with Crippen molar-refractivity contribution in [2.75, 3.05) is 5.32 Å². The minimum absolute atomic E-state index is 0.107. The highest BCUT2D eigenvalue weighted by atomic mass is 32.1. The molecule has 1 heterocycles. The van der Waals surface area contributed by atoms with E-state index in [9.17, 15) is 14.9 Å². The summed E-state index contributed by atoms with van der Waals surface area (Å²) in [6.07, 6.45) is 1.57. The van der Waals surface area contributed by atoms with Crippen LogP contribution in [0.25, 0.3) is 0 Å². The first-order valence-electron chi connectivity index (χ1n) is 5.04. The van der Waals surface area contributed by atoms with Gasteiger partial charge in [-0.2, -0.15) is 0 Å².